The number of hydrogen-bond acceptors (Lipinski definition) is 3. The molecule has 2 fully saturated rings. The van der Waals surface area contributed by atoms with Gasteiger partial charge in [0.25, 0.3) is 0 Å². The van der Waals surface area contributed by atoms with Gasteiger partial charge in [0, 0.05) is 6.54 Å². The van der Waals surface area contributed by atoms with Crippen molar-refractivity contribution in [3.05, 3.63) is 0 Å². The molecule has 2 amide bonds. The summed E-state index contributed by atoms with van der Waals surface area (Å²) in [6.45, 7) is 4.99. The zero-order chi connectivity index (χ0) is 10.5. The van der Waals surface area contributed by atoms with Crippen LogP contribution in [0.2, 0.25) is 0 Å². The Morgan fingerprint density at radius 2 is 1.79 bits per heavy atom. The third-order valence-electron chi connectivity index (χ3n) is 3.48. The standard InChI is InChI=1S/C10H16N2O2/c1-10(2)6-7(10)9(14)12(8(6)13)5-3-4-11/h6-7H,3-5,11H2,1-2H3. The van der Waals surface area contributed by atoms with E-state index in [1.807, 2.05) is 13.8 Å². The lowest BCUT2D eigenvalue weighted by Crippen LogP contribution is -2.37. The molecule has 1 aliphatic carbocycles. The minimum atomic E-state index is -0.0899. The maximum absolute atomic E-state index is 11.7. The molecular formula is C10H16N2O2. The molecule has 2 unspecified atom stereocenters. The van der Waals surface area contributed by atoms with Gasteiger partial charge in [-0.25, -0.2) is 0 Å². The van der Waals surface area contributed by atoms with Gasteiger partial charge in [0.15, 0.2) is 0 Å². The highest BCUT2D eigenvalue weighted by atomic mass is 16.2. The number of amides is 2. The fourth-order valence-electron chi connectivity index (χ4n) is 2.47. The third-order valence-corrected chi connectivity index (χ3v) is 3.48. The lowest BCUT2D eigenvalue weighted by atomic mass is 10.1. The summed E-state index contributed by atoms with van der Waals surface area (Å²) in [6, 6.07) is 0. The van der Waals surface area contributed by atoms with E-state index in [2.05, 4.69) is 0 Å². The number of likely N-dealkylation sites (tertiary alicyclic amines) is 1. The largest absolute Gasteiger partial charge is 0.330 e. The van der Waals surface area contributed by atoms with Crippen LogP contribution in [0.1, 0.15) is 20.3 Å². The average Bonchev–Trinajstić information content (AvgIpc) is 2.57. The van der Waals surface area contributed by atoms with E-state index in [0.717, 1.165) is 0 Å². The van der Waals surface area contributed by atoms with E-state index < -0.39 is 0 Å². The zero-order valence-electron chi connectivity index (χ0n) is 8.62. The summed E-state index contributed by atoms with van der Waals surface area (Å²) >= 11 is 0. The van der Waals surface area contributed by atoms with Crippen LogP contribution in [0.5, 0.6) is 0 Å². The molecule has 1 saturated carbocycles. The van der Waals surface area contributed by atoms with Gasteiger partial charge in [0.2, 0.25) is 11.8 Å². The Bertz CT molecular complexity index is 274. The monoisotopic (exact) mass is 196 g/mol. The maximum Gasteiger partial charge on any atom is 0.233 e. The molecule has 2 aliphatic rings. The third kappa shape index (κ3) is 1.03. The van der Waals surface area contributed by atoms with E-state index in [1.165, 1.54) is 4.90 Å². The van der Waals surface area contributed by atoms with Crippen molar-refractivity contribution in [1.82, 2.24) is 4.90 Å². The minimum Gasteiger partial charge on any atom is -0.330 e. The Kier molecular flexibility index (Phi) is 1.93. The maximum atomic E-state index is 11.7. The predicted octanol–water partition coefficient (Wildman–Crippen LogP) is -0.0238. The van der Waals surface area contributed by atoms with Crippen LogP contribution in [0.3, 0.4) is 0 Å². The van der Waals surface area contributed by atoms with Gasteiger partial charge in [0.1, 0.15) is 0 Å². The molecule has 1 saturated heterocycles. The van der Waals surface area contributed by atoms with Crippen molar-refractivity contribution in [3.8, 4) is 0 Å². The number of hydrogen-bond donors (Lipinski definition) is 1. The van der Waals surface area contributed by atoms with E-state index >= 15 is 0 Å². The topological polar surface area (TPSA) is 63.4 Å². The molecule has 2 atom stereocenters. The van der Waals surface area contributed by atoms with Gasteiger partial charge >= 0.3 is 0 Å². The highest BCUT2D eigenvalue weighted by Crippen LogP contribution is 2.63. The molecule has 2 N–H and O–H groups in total. The normalized spacial score (nSPS) is 33.5. The number of carbonyl (C=O) groups is 2. The molecule has 0 aromatic carbocycles. The molecule has 4 heteroatoms. The van der Waals surface area contributed by atoms with Gasteiger partial charge in [-0.1, -0.05) is 13.8 Å². The van der Waals surface area contributed by atoms with E-state index in [4.69, 9.17) is 5.73 Å². The van der Waals surface area contributed by atoms with E-state index in [9.17, 15) is 9.59 Å². The molecule has 0 bridgehead atoms. The van der Waals surface area contributed by atoms with Crippen LogP contribution >= 0.6 is 0 Å². The Hall–Kier alpha value is -0.900. The Labute approximate surface area is 83.4 Å². The minimum absolute atomic E-state index is 0.0125. The fourth-order valence-corrected chi connectivity index (χ4v) is 2.47. The number of nitrogens with two attached hydrogens (primary N) is 1. The predicted molar refractivity (Wildman–Crippen MR) is 51.2 cm³/mol. The number of rotatable bonds is 3. The van der Waals surface area contributed by atoms with Crippen LogP contribution < -0.4 is 5.73 Å². The number of fused-ring (bicyclic) bond motifs is 1. The first-order valence-corrected chi connectivity index (χ1v) is 5.07. The van der Waals surface area contributed by atoms with Gasteiger partial charge in [-0.2, -0.15) is 0 Å². The van der Waals surface area contributed by atoms with Gasteiger partial charge in [-0.3, -0.25) is 14.5 Å². The second-order valence-corrected chi connectivity index (χ2v) is 4.75. The second-order valence-electron chi connectivity index (χ2n) is 4.75. The fraction of sp³-hybridized carbons (Fsp3) is 0.800. The van der Waals surface area contributed by atoms with Crippen LogP contribution in [-0.2, 0) is 9.59 Å². The number of piperidine rings is 1. The second kappa shape index (κ2) is 2.79. The van der Waals surface area contributed by atoms with Gasteiger partial charge < -0.3 is 5.73 Å². The van der Waals surface area contributed by atoms with Crippen molar-refractivity contribution in [2.75, 3.05) is 13.1 Å². The van der Waals surface area contributed by atoms with E-state index in [0.29, 0.717) is 19.5 Å². The van der Waals surface area contributed by atoms with Crippen molar-refractivity contribution < 1.29 is 9.59 Å². The molecule has 1 heterocycles. The molecule has 78 valence electrons. The van der Waals surface area contributed by atoms with Crippen LogP contribution in [0.4, 0.5) is 0 Å². The number of imide groups is 1. The summed E-state index contributed by atoms with van der Waals surface area (Å²) in [5, 5.41) is 0. The summed E-state index contributed by atoms with van der Waals surface area (Å²) in [7, 11) is 0. The molecule has 0 aromatic rings. The SMILES string of the molecule is CC1(C)C2C(=O)N(CCCN)C(=O)C21. The summed E-state index contributed by atoms with van der Waals surface area (Å²) in [5.74, 6) is -0.0718. The molecule has 1 aliphatic heterocycles. The van der Waals surface area contributed by atoms with Crippen LogP contribution in [-0.4, -0.2) is 29.8 Å². The highest BCUT2D eigenvalue weighted by Gasteiger charge is 2.72. The lowest BCUT2D eigenvalue weighted by Gasteiger charge is -2.19. The zero-order valence-corrected chi connectivity index (χ0v) is 8.62. The highest BCUT2D eigenvalue weighted by molar-refractivity contribution is 6.10. The molecule has 4 nitrogen and oxygen atoms in total. The Morgan fingerprint density at radius 3 is 2.21 bits per heavy atom. The Balaban J connectivity index is 2.06. The van der Waals surface area contributed by atoms with Gasteiger partial charge in [0.05, 0.1) is 11.8 Å². The smallest absolute Gasteiger partial charge is 0.233 e. The first kappa shape index (κ1) is 9.65. The van der Waals surface area contributed by atoms with Crippen molar-refractivity contribution in [1.29, 1.82) is 0 Å². The van der Waals surface area contributed by atoms with Gasteiger partial charge in [-0.05, 0) is 18.4 Å². The van der Waals surface area contributed by atoms with Crippen LogP contribution in [0, 0.1) is 17.3 Å². The molecular weight excluding hydrogens is 180 g/mol. The quantitative estimate of drug-likeness (QED) is 0.645. The molecule has 2 rings (SSSR count). The van der Waals surface area contributed by atoms with Crippen molar-refractivity contribution in [3.63, 3.8) is 0 Å². The van der Waals surface area contributed by atoms with Gasteiger partial charge in [-0.15, -0.1) is 0 Å². The Morgan fingerprint density at radius 1 is 1.29 bits per heavy atom. The summed E-state index contributed by atoms with van der Waals surface area (Å²) in [6.07, 6.45) is 0.706. The first-order chi connectivity index (χ1) is 6.51. The van der Waals surface area contributed by atoms with Crippen molar-refractivity contribution >= 4 is 11.8 Å². The first-order valence-electron chi connectivity index (χ1n) is 5.07. The van der Waals surface area contributed by atoms with E-state index in [-0.39, 0.29) is 29.1 Å². The summed E-state index contributed by atoms with van der Waals surface area (Å²) < 4.78 is 0. The van der Waals surface area contributed by atoms with Crippen LogP contribution in [0.15, 0.2) is 0 Å². The molecule has 0 spiro atoms. The number of carbonyl (C=O) groups excluding carboxylic acids is 2. The number of nitrogens with zero attached hydrogens (tertiary/aromatic N) is 1. The molecule has 14 heavy (non-hydrogen) atoms. The average molecular weight is 196 g/mol. The molecule has 0 aromatic heterocycles. The van der Waals surface area contributed by atoms with Crippen LogP contribution in [0.25, 0.3) is 0 Å². The molecule has 0 radical (unpaired) electrons. The van der Waals surface area contributed by atoms with Crippen molar-refractivity contribution in [2.45, 2.75) is 20.3 Å². The summed E-state index contributed by atoms with van der Waals surface area (Å²) in [5.41, 5.74) is 5.26. The van der Waals surface area contributed by atoms with E-state index in [1.54, 1.807) is 0 Å². The van der Waals surface area contributed by atoms with Crippen molar-refractivity contribution in [2.24, 2.45) is 23.0 Å². The lowest BCUT2D eigenvalue weighted by molar-refractivity contribution is -0.143. The summed E-state index contributed by atoms with van der Waals surface area (Å²) in [4.78, 5) is 24.9.